The third kappa shape index (κ3) is 3.97. The van der Waals surface area contributed by atoms with Crippen molar-refractivity contribution >= 4 is 5.91 Å². The maximum absolute atomic E-state index is 11.5. The van der Waals surface area contributed by atoms with Crippen LogP contribution in [0.25, 0.3) is 0 Å². The summed E-state index contributed by atoms with van der Waals surface area (Å²) in [5.41, 5.74) is 3.81. The number of nitrogens with zero attached hydrogens (tertiary/aromatic N) is 1. The van der Waals surface area contributed by atoms with Gasteiger partial charge in [-0.2, -0.15) is 0 Å². The van der Waals surface area contributed by atoms with Crippen LogP contribution < -0.4 is 10.1 Å². The SMILES string of the molecule is CNC(=O)C[C@H]1CCN(Cc2cc(C)c(OC)cc2C)C1. The van der Waals surface area contributed by atoms with E-state index in [1.807, 2.05) is 0 Å². The van der Waals surface area contributed by atoms with E-state index < -0.39 is 0 Å². The summed E-state index contributed by atoms with van der Waals surface area (Å²) in [5.74, 6) is 1.60. The number of nitrogens with one attached hydrogen (secondary N) is 1. The molecule has 1 saturated heterocycles. The minimum Gasteiger partial charge on any atom is -0.496 e. The Morgan fingerprint density at radius 3 is 2.81 bits per heavy atom. The van der Waals surface area contributed by atoms with E-state index in [0.717, 1.165) is 31.8 Å². The normalized spacial score (nSPS) is 18.8. The number of amides is 1. The van der Waals surface area contributed by atoms with Gasteiger partial charge in [0.2, 0.25) is 5.91 Å². The van der Waals surface area contributed by atoms with Gasteiger partial charge in [-0.3, -0.25) is 9.69 Å². The standard InChI is InChI=1S/C17H26N2O2/c1-12-8-16(21-4)13(2)7-15(12)11-19-6-5-14(10-19)9-17(20)18-3/h7-8,14H,5-6,9-11H2,1-4H3,(H,18,20)/t14-/m1/s1. The maximum Gasteiger partial charge on any atom is 0.220 e. The van der Waals surface area contributed by atoms with Crippen LogP contribution in [0.5, 0.6) is 5.75 Å². The summed E-state index contributed by atoms with van der Waals surface area (Å²) < 4.78 is 5.37. The molecular formula is C17H26N2O2. The Morgan fingerprint density at radius 2 is 2.14 bits per heavy atom. The molecule has 0 saturated carbocycles. The number of carbonyl (C=O) groups is 1. The molecule has 1 aromatic rings. The monoisotopic (exact) mass is 290 g/mol. The van der Waals surface area contributed by atoms with E-state index >= 15 is 0 Å². The van der Waals surface area contributed by atoms with Crippen LogP contribution in [0.1, 0.15) is 29.5 Å². The van der Waals surface area contributed by atoms with Gasteiger partial charge in [-0.1, -0.05) is 6.07 Å². The number of likely N-dealkylation sites (tertiary alicyclic amines) is 1. The molecule has 1 heterocycles. The van der Waals surface area contributed by atoms with Crippen LogP contribution in [0.2, 0.25) is 0 Å². The Kier molecular flexibility index (Phi) is 5.23. The molecule has 1 fully saturated rings. The average molecular weight is 290 g/mol. The van der Waals surface area contributed by atoms with Gasteiger partial charge in [0.25, 0.3) is 0 Å². The molecule has 0 aliphatic carbocycles. The zero-order chi connectivity index (χ0) is 15.4. The molecule has 0 unspecified atom stereocenters. The van der Waals surface area contributed by atoms with E-state index in [-0.39, 0.29) is 5.91 Å². The highest BCUT2D eigenvalue weighted by molar-refractivity contribution is 5.75. The topological polar surface area (TPSA) is 41.6 Å². The van der Waals surface area contributed by atoms with Gasteiger partial charge in [0.05, 0.1) is 7.11 Å². The van der Waals surface area contributed by atoms with Crippen molar-refractivity contribution in [2.75, 3.05) is 27.2 Å². The first-order valence-corrected chi connectivity index (χ1v) is 7.60. The molecule has 1 amide bonds. The number of hydrogen-bond acceptors (Lipinski definition) is 3. The smallest absolute Gasteiger partial charge is 0.220 e. The zero-order valence-electron chi connectivity index (χ0n) is 13.5. The third-order valence-corrected chi connectivity index (χ3v) is 4.37. The van der Waals surface area contributed by atoms with Crippen LogP contribution >= 0.6 is 0 Å². The molecule has 4 nitrogen and oxygen atoms in total. The predicted molar refractivity (Wildman–Crippen MR) is 84.5 cm³/mol. The van der Waals surface area contributed by atoms with Gasteiger partial charge in [-0.25, -0.2) is 0 Å². The molecule has 1 aliphatic rings. The van der Waals surface area contributed by atoms with Crippen molar-refractivity contribution in [3.05, 3.63) is 28.8 Å². The first-order valence-electron chi connectivity index (χ1n) is 7.60. The molecule has 4 heteroatoms. The van der Waals surface area contributed by atoms with Gasteiger partial charge in [0.1, 0.15) is 5.75 Å². The van der Waals surface area contributed by atoms with E-state index in [1.54, 1.807) is 14.2 Å². The van der Waals surface area contributed by atoms with Gasteiger partial charge in [-0.15, -0.1) is 0 Å². The Bertz CT molecular complexity index is 514. The Balaban J connectivity index is 1.97. The van der Waals surface area contributed by atoms with E-state index in [4.69, 9.17) is 4.74 Å². The van der Waals surface area contributed by atoms with Gasteiger partial charge in [0, 0.05) is 26.6 Å². The minimum absolute atomic E-state index is 0.151. The lowest BCUT2D eigenvalue weighted by atomic mass is 10.0. The Hall–Kier alpha value is -1.55. The van der Waals surface area contributed by atoms with E-state index in [2.05, 4.69) is 36.2 Å². The van der Waals surface area contributed by atoms with Gasteiger partial charge < -0.3 is 10.1 Å². The highest BCUT2D eigenvalue weighted by Crippen LogP contribution is 2.26. The maximum atomic E-state index is 11.5. The number of benzene rings is 1. The summed E-state index contributed by atoms with van der Waals surface area (Å²) in [6, 6.07) is 4.34. The number of rotatable bonds is 5. The number of carbonyl (C=O) groups excluding carboxylic acids is 1. The Labute approximate surface area is 127 Å². The van der Waals surface area contributed by atoms with E-state index in [9.17, 15) is 4.79 Å². The second-order valence-corrected chi connectivity index (χ2v) is 6.02. The van der Waals surface area contributed by atoms with Crippen molar-refractivity contribution in [2.24, 2.45) is 5.92 Å². The second-order valence-electron chi connectivity index (χ2n) is 6.02. The number of hydrogen-bond donors (Lipinski definition) is 1. The fourth-order valence-corrected chi connectivity index (χ4v) is 3.07. The summed E-state index contributed by atoms with van der Waals surface area (Å²) in [7, 11) is 3.42. The summed E-state index contributed by atoms with van der Waals surface area (Å²) >= 11 is 0. The molecule has 1 aromatic carbocycles. The van der Waals surface area contributed by atoms with Crippen molar-refractivity contribution in [1.29, 1.82) is 0 Å². The van der Waals surface area contributed by atoms with Crippen LogP contribution in [0, 0.1) is 19.8 Å². The summed E-state index contributed by atoms with van der Waals surface area (Å²) in [5, 5.41) is 2.71. The zero-order valence-corrected chi connectivity index (χ0v) is 13.5. The summed E-state index contributed by atoms with van der Waals surface area (Å²) in [6.07, 6.45) is 1.76. The molecule has 1 aliphatic heterocycles. The summed E-state index contributed by atoms with van der Waals surface area (Å²) in [6.45, 7) is 7.26. The number of ether oxygens (including phenoxy) is 1. The van der Waals surface area contributed by atoms with E-state index in [0.29, 0.717) is 12.3 Å². The lowest BCUT2D eigenvalue weighted by molar-refractivity contribution is -0.121. The highest BCUT2D eigenvalue weighted by atomic mass is 16.5. The molecule has 1 N–H and O–H groups in total. The van der Waals surface area contributed by atoms with Crippen molar-refractivity contribution < 1.29 is 9.53 Å². The van der Waals surface area contributed by atoms with Crippen molar-refractivity contribution in [3.8, 4) is 5.75 Å². The second kappa shape index (κ2) is 6.94. The molecule has 0 bridgehead atoms. The molecule has 21 heavy (non-hydrogen) atoms. The molecule has 0 radical (unpaired) electrons. The van der Waals surface area contributed by atoms with Crippen LogP contribution in [-0.4, -0.2) is 38.1 Å². The quantitative estimate of drug-likeness (QED) is 0.904. The fraction of sp³-hybridized carbons (Fsp3) is 0.588. The molecule has 116 valence electrons. The molecule has 2 rings (SSSR count). The largest absolute Gasteiger partial charge is 0.496 e. The molecule has 0 spiro atoms. The van der Waals surface area contributed by atoms with E-state index in [1.165, 1.54) is 16.7 Å². The highest BCUT2D eigenvalue weighted by Gasteiger charge is 2.24. The lowest BCUT2D eigenvalue weighted by Gasteiger charge is -2.19. The first-order chi connectivity index (χ1) is 10.0. The minimum atomic E-state index is 0.151. The van der Waals surface area contributed by atoms with Gasteiger partial charge in [0.15, 0.2) is 0 Å². The lowest BCUT2D eigenvalue weighted by Crippen LogP contribution is -2.24. The van der Waals surface area contributed by atoms with Crippen molar-refractivity contribution in [3.63, 3.8) is 0 Å². The van der Waals surface area contributed by atoms with Crippen LogP contribution in [0.4, 0.5) is 0 Å². The van der Waals surface area contributed by atoms with Crippen LogP contribution in [0.3, 0.4) is 0 Å². The third-order valence-electron chi connectivity index (χ3n) is 4.37. The average Bonchev–Trinajstić information content (AvgIpc) is 2.89. The Morgan fingerprint density at radius 1 is 1.38 bits per heavy atom. The van der Waals surface area contributed by atoms with Crippen molar-refractivity contribution in [1.82, 2.24) is 10.2 Å². The van der Waals surface area contributed by atoms with Crippen molar-refractivity contribution in [2.45, 2.75) is 33.2 Å². The van der Waals surface area contributed by atoms with Crippen LogP contribution in [-0.2, 0) is 11.3 Å². The first kappa shape index (κ1) is 15.8. The molecule has 0 aromatic heterocycles. The molecule has 1 atom stereocenters. The van der Waals surface area contributed by atoms with Gasteiger partial charge >= 0.3 is 0 Å². The number of methoxy groups -OCH3 is 1. The van der Waals surface area contributed by atoms with Crippen LogP contribution in [0.15, 0.2) is 12.1 Å². The summed E-state index contributed by atoms with van der Waals surface area (Å²) in [4.78, 5) is 13.9. The van der Waals surface area contributed by atoms with Gasteiger partial charge in [-0.05, 0) is 55.5 Å². The fourth-order valence-electron chi connectivity index (χ4n) is 3.07. The predicted octanol–water partition coefficient (Wildman–Crippen LogP) is 2.27. The molecular weight excluding hydrogens is 264 g/mol. The number of aryl methyl sites for hydroxylation is 2.